The van der Waals surface area contributed by atoms with Gasteiger partial charge < -0.3 is 19.8 Å². The van der Waals surface area contributed by atoms with Crippen molar-refractivity contribution in [2.75, 3.05) is 20.3 Å². The van der Waals surface area contributed by atoms with Crippen molar-refractivity contribution in [1.82, 2.24) is 4.90 Å². The molecule has 0 aromatic heterocycles. The van der Waals surface area contributed by atoms with Crippen molar-refractivity contribution < 1.29 is 24.5 Å². The molecule has 6 nitrogen and oxygen atoms in total. The second-order valence-electron chi connectivity index (χ2n) is 3.96. The lowest BCUT2D eigenvalue weighted by Gasteiger charge is -2.40. The summed E-state index contributed by atoms with van der Waals surface area (Å²) in [6, 6.07) is 0.356. The predicted octanol–water partition coefficient (Wildman–Crippen LogP) is 3.87. The van der Waals surface area contributed by atoms with Crippen LogP contribution in [-0.4, -0.2) is 53.3 Å². The molecule has 1 saturated heterocycles. The Morgan fingerprint density at radius 2 is 1.78 bits per heavy atom. The summed E-state index contributed by atoms with van der Waals surface area (Å²) in [6.45, 7) is 15.7. The van der Waals surface area contributed by atoms with Crippen molar-refractivity contribution in [1.29, 1.82) is 0 Å². The van der Waals surface area contributed by atoms with Gasteiger partial charge in [0.1, 0.15) is 0 Å². The second kappa shape index (κ2) is 25.4. The van der Waals surface area contributed by atoms with Crippen molar-refractivity contribution in [3.05, 3.63) is 12.8 Å². The van der Waals surface area contributed by atoms with Crippen LogP contribution in [0.1, 0.15) is 60.8 Å². The van der Waals surface area contributed by atoms with E-state index in [4.69, 9.17) is 19.7 Å². The highest BCUT2D eigenvalue weighted by Crippen LogP contribution is 2.19. The fourth-order valence-electron chi connectivity index (χ4n) is 1.50. The van der Waals surface area contributed by atoms with Gasteiger partial charge in [-0.2, -0.15) is 0 Å². The number of carbonyl (C=O) groups excluding carboxylic acids is 1. The van der Waals surface area contributed by atoms with Crippen molar-refractivity contribution in [3.8, 4) is 0 Å². The number of amides is 1. The molecule has 1 aliphatic heterocycles. The van der Waals surface area contributed by atoms with Crippen LogP contribution in [0, 0.1) is 0 Å². The van der Waals surface area contributed by atoms with Gasteiger partial charge in [0.15, 0.2) is 0 Å². The van der Waals surface area contributed by atoms with Gasteiger partial charge in [-0.15, -0.1) is 0 Å². The van der Waals surface area contributed by atoms with Gasteiger partial charge in [0.2, 0.25) is 5.91 Å². The first-order valence-corrected chi connectivity index (χ1v) is 8.17. The standard InChI is InChI=1S/C9H17NO2.C2H4O2.C2H4O.2C2H6/c1-3-4-5-10-8(7-12-2)6-9(10)11;1-2(3)4;1-2-3;2*1-2/h8H,3-7H2,1-2H3;1H3,(H,3,4);2-3H,1H2;2*1-2H3/t8-;;;;/m1..../s1. The van der Waals surface area contributed by atoms with Gasteiger partial charge in [0, 0.05) is 27.0 Å². The van der Waals surface area contributed by atoms with E-state index in [1.807, 2.05) is 32.6 Å². The zero-order valence-corrected chi connectivity index (χ0v) is 16.0. The van der Waals surface area contributed by atoms with E-state index in [-0.39, 0.29) is 5.91 Å². The Balaban J connectivity index is -0.000000137. The van der Waals surface area contributed by atoms with E-state index in [9.17, 15) is 4.79 Å². The highest BCUT2D eigenvalue weighted by molar-refractivity contribution is 5.83. The molecule has 0 unspecified atom stereocenters. The summed E-state index contributed by atoms with van der Waals surface area (Å²) in [5, 5.41) is 14.8. The Hall–Kier alpha value is -1.56. The Morgan fingerprint density at radius 1 is 1.39 bits per heavy atom. The van der Waals surface area contributed by atoms with Crippen LogP contribution in [0.4, 0.5) is 0 Å². The van der Waals surface area contributed by atoms with Crippen molar-refractivity contribution in [3.63, 3.8) is 0 Å². The summed E-state index contributed by atoms with van der Waals surface area (Å²) in [6.07, 6.45) is 3.67. The van der Waals surface area contributed by atoms with Crippen LogP contribution in [-0.2, 0) is 14.3 Å². The molecule has 0 aliphatic carbocycles. The first kappa shape index (κ1) is 29.5. The monoisotopic (exact) mass is 335 g/mol. The summed E-state index contributed by atoms with van der Waals surface area (Å²) < 4.78 is 5.01. The average molecular weight is 335 g/mol. The number of aliphatic hydroxyl groups is 1. The zero-order valence-electron chi connectivity index (χ0n) is 16.0. The number of likely N-dealkylation sites (tertiary alicyclic amines) is 1. The SMILES string of the molecule is C=CO.CC.CC.CC(=O)O.CCCCN1C(=O)C[C@@H]1COC. The highest BCUT2D eigenvalue weighted by Gasteiger charge is 2.34. The molecule has 0 aromatic rings. The van der Waals surface area contributed by atoms with Gasteiger partial charge in [0.05, 0.1) is 18.9 Å². The zero-order chi connectivity index (χ0) is 19.3. The molecule has 2 N–H and O–H groups in total. The first-order valence-electron chi connectivity index (χ1n) is 8.17. The molecule has 0 spiro atoms. The number of β-lactam (4-membered cyclic amide) rings is 1. The number of ether oxygens (including phenoxy) is 1. The lowest BCUT2D eigenvalue weighted by atomic mass is 10.0. The third-order valence-corrected chi connectivity index (χ3v) is 2.28. The maximum atomic E-state index is 11.1. The summed E-state index contributed by atoms with van der Waals surface area (Å²) in [5.41, 5.74) is 0. The third-order valence-electron chi connectivity index (χ3n) is 2.28. The molecule has 140 valence electrons. The largest absolute Gasteiger partial charge is 0.516 e. The van der Waals surface area contributed by atoms with E-state index >= 15 is 0 Å². The lowest BCUT2D eigenvalue weighted by molar-refractivity contribution is -0.148. The maximum Gasteiger partial charge on any atom is 0.300 e. The number of carboxylic acids is 1. The molecule has 1 heterocycles. The van der Waals surface area contributed by atoms with Crippen LogP contribution in [0.2, 0.25) is 0 Å². The van der Waals surface area contributed by atoms with Gasteiger partial charge in [-0.05, 0) is 6.42 Å². The maximum absolute atomic E-state index is 11.1. The van der Waals surface area contributed by atoms with E-state index in [0.29, 0.717) is 19.1 Å². The molecule has 1 aliphatic rings. The van der Waals surface area contributed by atoms with Crippen LogP contribution >= 0.6 is 0 Å². The average Bonchev–Trinajstić information content (AvgIpc) is 2.51. The van der Waals surface area contributed by atoms with Gasteiger partial charge >= 0.3 is 0 Å². The van der Waals surface area contributed by atoms with E-state index in [1.54, 1.807) is 7.11 Å². The van der Waals surface area contributed by atoms with Gasteiger partial charge in [-0.25, -0.2) is 0 Å². The number of hydrogen-bond donors (Lipinski definition) is 2. The molecule has 1 amide bonds. The van der Waals surface area contributed by atoms with Crippen LogP contribution in [0.5, 0.6) is 0 Å². The number of rotatable bonds is 5. The number of unbranched alkanes of at least 4 members (excludes halogenated alkanes) is 1. The number of carbonyl (C=O) groups is 2. The molecule has 1 fully saturated rings. The first-order chi connectivity index (χ1) is 10.9. The smallest absolute Gasteiger partial charge is 0.300 e. The second-order valence-corrected chi connectivity index (χ2v) is 3.96. The minimum absolute atomic E-state index is 0.283. The molecule has 0 aromatic carbocycles. The third kappa shape index (κ3) is 22.9. The Bertz CT molecular complexity index is 266. The fourth-order valence-corrected chi connectivity index (χ4v) is 1.50. The molecule has 0 saturated carbocycles. The summed E-state index contributed by atoms with van der Waals surface area (Å²) in [7, 11) is 1.68. The quantitative estimate of drug-likeness (QED) is 0.588. The molecule has 6 heteroatoms. The number of aliphatic hydroxyl groups excluding tert-OH is 1. The van der Waals surface area contributed by atoms with Crippen LogP contribution < -0.4 is 0 Å². The Morgan fingerprint density at radius 3 is 2.04 bits per heavy atom. The van der Waals surface area contributed by atoms with Crippen LogP contribution in [0.3, 0.4) is 0 Å². The molecule has 1 atom stereocenters. The Kier molecular flexibility index (Phi) is 32.5. The van der Waals surface area contributed by atoms with E-state index < -0.39 is 5.97 Å². The number of aliphatic carboxylic acids is 1. The van der Waals surface area contributed by atoms with Gasteiger partial charge in [-0.1, -0.05) is 47.6 Å². The molecule has 0 bridgehead atoms. The molecule has 1 rings (SSSR count). The van der Waals surface area contributed by atoms with E-state index in [1.165, 1.54) is 0 Å². The normalized spacial score (nSPS) is 14.0. The fraction of sp³-hybridized carbons (Fsp3) is 0.765. The van der Waals surface area contributed by atoms with Crippen molar-refractivity contribution >= 4 is 11.9 Å². The van der Waals surface area contributed by atoms with E-state index in [2.05, 4.69) is 13.5 Å². The van der Waals surface area contributed by atoms with Gasteiger partial charge in [-0.3, -0.25) is 9.59 Å². The number of methoxy groups -OCH3 is 1. The summed E-state index contributed by atoms with van der Waals surface area (Å²) in [4.78, 5) is 22.0. The predicted molar refractivity (Wildman–Crippen MR) is 95.7 cm³/mol. The van der Waals surface area contributed by atoms with Crippen LogP contribution in [0.15, 0.2) is 12.8 Å². The number of hydrogen-bond acceptors (Lipinski definition) is 4. The molecular formula is C17H37NO5. The topological polar surface area (TPSA) is 87.1 Å². The number of nitrogens with zero attached hydrogens (tertiary/aromatic N) is 1. The Labute approximate surface area is 142 Å². The molecule has 23 heavy (non-hydrogen) atoms. The van der Waals surface area contributed by atoms with E-state index in [0.717, 1.165) is 32.6 Å². The minimum Gasteiger partial charge on any atom is -0.516 e. The minimum atomic E-state index is -0.833. The lowest BCUT2D eigenvalue weighted by Crippen LogP contribution is -2.54. The number of carboxylic acid groups (broad SMARTS) is 1. The van der Waals surface area contributed by atoms with Gasteiger partial charge in [0.25, 0.3) is 5.97 Å². The molecule has 0 radical (unpaired) electrons. The van der Waals surface area contributed by atoms with Crippen LogP contribution in [0.25, 0.3) is 0 Å². The molecular weight excluding hydrogens is 298 g/mol. The summed E-state index contributed by atoms with van der Waals surface area (Å²) >= 11 is 0. The van der Waals surface area contributed by atoms with Crippen molar-refractivity contribution in [2.24, 2.45) is 0 Å². The summed E-state index contributed by atoms with van der Waals surface area (Å²) in [5.74, 6) is -0.550. The van der Waals surface area contributed by atoms with Crippen molar-refractivity contribution in [2.45, 2.75) is 66.8 Å². The highest BCUT2D eigenvalue weighted by atomic mass is 16.5.